The second kappa shape index (κ2) is 10.6. The Balaban J connectivity index is 1.64. The van der Waals surface area contributed by atoms with Crippen LogP contribution in [0.25, 0.3) is 10.8 Å². The molecule has 3 rings (SSSR count). The van der Waals surface area contributed by atoms with Crippen LogP contribution in [-0.2, 0) is 14.3 Å². The summed E-state index contributed by atoms with van der Waals surface area (Å²) in [6, 6.07) is 16.1. The zero-order chi connectivity index (χ0) is 21.3. The topological polar surface area (TPSA) is 65.1 Å². The van der Waals surface area contributed by atoms with Gasteiger partial charge in [-0.2, -0.15) is 11.3 Å². The maximum Gasteiger partial charge on any atom is 0.412 e. The molecule has 1 unspecified atom stereocenters. The smallest absolute Gasteiger partial charge is 0.412 e. The third-order valence-corrected chi connectivity index (χ3v) is 5.36. The summed E-state index contributed by atoms with van der Waals surface area (Å²) in [5.41, 5.74) is 1.06. The molecule has 2 aromatic carbocycles. The minimum absolute atomic E-state index is 0.213. The molecule has 0 saturated carbocycles. The number of esters is 1. The van der Waals surface area contributed by atoms with Crippen LogP contribution in [-0.4, -0.2) is 37.3 Å². The van der Waals surface area contributed by atoms with E-state index in [2.05, 4.69) is 17.5 Å². The summed E-state index contributed by atoms with van der Waals surface area (Å²) in [6.07, 6.45) is 0.0602. The number of thiophene rings is 1. The summed E-state index contributed by atoms with van der Waals surface area (Å²) in [6.45, 7) is 1.72. The Morgan fingerprint density at radius 1 is 1.07 bits per heavy atom. The molecular formula is C23H25NO5S. The molecule has 30 heavy (non-hydrogen) atoms. The molecule has 0 aliphatic rings. The number of carbonyl (C=O) groups excluding carboxylic acids is 2. The summed E-state index contributed by atoms with van der Waals surface area (Å²) >= 11 is 1.60. The molecule has 158 valence electrons. The van der Waals surface area contributed by atoms with Crippen molar-refractivity contribution in [2.24, 2.45) is 0 Å². The molecule has 1 aromatic heterocycles. The number of fused-ring (bicyclic) bond motifs is 1. The molecule has 0 saturated heterocycles. The first kappa shape index (κ1) is 21.6. The van der Waals surface area contributed by atoms with Gasteiger partial charge in [-0.15, -0.1) is 0 Å². The van der Waals surface area contributed by atoms with E-state index in [0.717, 1.165) is 22.1 Å². The third-order valence-electron chi connectivity index (χ3n) is 4.66. The lowest BCUT2D eigenvalue weighted by atomic mass is 10.1. The van der Waals surface area contributed by atoms with E-state index < -0.39 is 12.1 Å². The van der Waals surface area contributed by atoms with Crippen LogP contribution in [0.15, 0.2) is 59.3 Å². The highest BCUT2D eigenvalue weighted by Gasteiger charge is 2.19. The van der Waals surface area contributed by atoms with Crippen molar-refractivity contribution >= 4 is 34.2 Å². The lowest BCUT2D eigenvalue weighted by Crippen LogP contribution is -2.30. The third kappa shape index (κ3) is 5.73. The fourth-order valence-corrected chi connectivity index (χ4v) is 3.67. The Kier molecular flexibility index (Phi) is 7.68. The van der Waals surface area contributed by atoms with Crippen molar-refractivity contribution in [1.29, 1.82) is 0 Å². The van der Waals surface area contributed by atoms with E-state index in [0.29, 0.717) is 13.0 Å². The van der Waals surface area contributed by atoms with Gasteiger partial charge in [-0.3, -0.25) is 4.79 Å². The van der Waals surface area contributed by atoms with E-state index >= 15 is 0 Å². The van der Waals surface area contributed by atoms with E-state index in [1.807, 2.05) is 41.8 Å². The fraction of sp³-hybridized carbons (Fsp3) is 0.304. The van der Waals surface area contributed by atoms with Gasteiger partial charge in [0.15, 0.2) is 0 Å². The molecule has 1 amide bonds. The summed E-state index contributed by atoms with van der Waals surface area (Å²) in [7, 11) is 1.65. The summed E-state index contributed by atoms with van der Waals surface area (Å²) < 4.78 is 16.2. The van der Waals surface area contributed by atoms with E-state index in [1.54, 1.807) is 25.3 Å². The first-order valence-electron chi connectivity index (χ1n) is 9.78. The maximum atomic E-state index is 12.1. The van der Waals surface area contributed by atoms with Crippen molar-refractivity contribution in [3.8, 4) is 5.75 Å². The SMILES string of the molecule is CCC(=O)OCOC(=O)N(C)CCC(Oc1cccc2ccccc12)c1ccsc1. The lowest BCUT2D eigenvalue weighted by molar-refractivity contribution is -0.151. The highest BCUT2D eigenvalue weighted by molar-refractivity contribution is 7.07. The normalized spacial score (nSPS) is 11.7. The van der Waals surface area contributed by atoms with Crippen LogP contribution in [0.3, 0.4) is 0 Å². The van der Waals surface area contributed by atoms with Gasteiger partial charge in [-0.1, -0.05) is 43.3 Å². The van der Waals surface area contributed by atoms with Crippen LogP contribution in [0.2, 0.25) is 0 Å². The van der Waals surface area contributed by atoms with Crippen molar-refractivity contribution in [3.63, 3.8) is 0 Å². The van der Waals surface area contributed by atoms with Crippen LogP contribution in [0.4, 0.5) is 4.79 Å². The average Bonchev–Trinajstić information content (AvgIpc) is 3.31. The Bertz CT molecular complexity index is 967. The van der Waals surface area contributed by atoms with Crippen LogP contribution >= 0.6 is 11.3 Å². The van der Waals surface area contributed by atoms with Crippen molar-refractivity contribution in [2.75, 3.05) is 20.4 Å². The van der Waals surface area contributed by atoms with Gasteiger partial charge < -0.3 is 19.1 Å². The molecular weight excluding hydrogens is 402 g/mol. The van der Waals surface area contributed by atoms with E-state index in [4.69, 9.17) is 14.2 Å². The largest absolute Gasteiger partial charge is 0.485 e. The predicted octanol–water partition coefficient (Wildman–Crippen LogP) is 5.39. The molecule has 0 aliphatic heterocycles. The summed E-state index contributed by atoms with van der Waals surface area (Å²) in [4.78, 5) is 24.7. The number of hydrogen-bond donors (Lipinski definition) is 0. The number of rotatable bonds is 9. The lowest BCUT2D eigenvalue weighted by Gasteiger charge is -2.23. The number of amides is 1. The molecule has 0 radical (unpaired) electrons. The van der Waals surface area contributed by atoms with Gasteiger partial charge in [0, 0.05) is 37.4 Å². The minimum atomic E-state index is -0.548. The predicted molar refractivity (Wildman–Crippen MR) is 117 cm³/mol. The highest BCUT2D eigenvalue weighted by Crippen LogP contribution is 2.32. The van der Waals surface area contributed by atoms with Crippen molar-refractivity contribution < 1.29 is 23.8 Å². The molecule has 3 aromatic rings. The van der Waals surface area contributed by atoms with E-state index in [-0.39, 0.29) is 19.3 Å². The number of hydrogen-bond acceptors (Lipinski definition) is 6. The minimum Gasteiger partial charge on any atom is -0.485 e. The molecule has 0 aliphatic carbocycles. The van der Waals surface area contributed by atoms with Gasteiger partial charge in [0.25, 0.3) is 0 Å². The molecule has 1 heterocycles. The zero-order valence-corrected chi connectivity index (χ0v) is 17.9. The molecule has 6 nitrogen and oxygen atoms in total. The second-order valence-electron chi connectivity index (χ2n) is 6.75. The molecule has 0 bridgehead atoms. The Labute approximate surface area is 180 Å². The van der Waals surface area contributed by atoms with Gasteiger partial charge in [0.05, 0.1) is 0 Å². The Hall–Kier alpha value is -3.06. The van der Waals surface area contributed by atoms with Gasteiger partial charge in [-0.05, 0) is 28.3 Å². The zero-order valence-electron chi connectivity index (χ0n) is 17.1. The monoisotopic (exact) mass is 427 g/mol. The van der Waals surface area contributed by atoms with Gasteiger partial charge >= 0.3 is 12.1 Å². The van der Waals surface area contributed by atoms with Crippen molar-refractivity contribution in [2.45, 2.75) is 25.9 Å². The van der Waals surface area contributed by atoms with Crippen LogP contribution in [0, 0.1) is 0 Å². The summed E-state index contributed by atoms with van der Waals surface area (Å²) in [5, 5.41) is 6.22. The van der Waals surface area contributed by atoms with Crippen LogP contribution in [0.1, 0.15) is 31.4 Å². The first-order chi connectivity index (χ1) is 14.6. The molecule has 0 N–H and O–H groups in total. The second-order valence-corrected chi connectivity index (χ2v) is 7.53. The van der Waals surface area contributed by atoms with E-state index in [1.165, 1.54) is 4.90 Å². The average molecular weight is 428 g/mol. The number of benzene rings is 2. The molecule has 1 atom stereocenters. The Morgan fingerprint density at radius 3 is 2.63 bits per heavy atom. The van der Waals surface area contributed by atoms with Gasteiger partial charge in [0.1, 0.15) is 11.9 Å². The van der Waals surface area contributed by atoms with Crippen LogP contribution < -0.4 is 4.74 Å². The number of ether oxygens (including phenoxy) is 3. The van der Waals surface area contributed by atoms with Crippen molar-refractivity contribution in [3.05, 3.63) is 64.9 Å². The molecule has 7 heteroatoms. The quantitative estimate of drug-likeness (QED) is 0.338. The molecule has 0 spiro atoms. The van der Waals surface area contributed by atoms with Gasteiger partial charge in [0.2, 0.25) is 6.79 Å². The van der Waals surface area contributed by atoms with Crippen LogP contribution in [0.5, 0.6) is 5.75 Å². The first-order valence-corrected chi connectivity index (χ1v) is 10.7. The standard InChI is InChI=1S/C23H25NO5S/c1-3-22(25)27-16-28-23(26)24(2)13-11-20(18-12-14-30-15-18)29-21-10-6-8-17-7-4-5-9-19(17)21/h4-10,12,14-15,20H,3,11,13,16H2,1-2H3. The van der Waals surface area contributed by atoms with Crippen molar-refractivity contribution in [1.82, 2.24) is 4.90 Å². The fourth-order valence-electron chi connectivity index (χ4n) is 2.96. The van der Waals surface area contributed by atoms with E-state index in [9.17, 15) is 9.59 Å². The Morgan fingerprint density at radius 2 is 1.87 bits per heavy atom. The molecule has 0 fully saturated rings. The highest BCUT2D eigenvalue weighted by atomic mass is 32.1. The van der Waals surface area contributed by atoms with Gasteiger partial charge in [-0.25, -0.2) is 4.79 Å². The number of nitrogens with zero attached hydrogens (tertiary/aromatic N) is 1. The number of carbonyl (C=O) groups is 2. The maximum absolute atomic E-state index is 12.1. The summed E-state index contributed by atoms with van der Waals surface area (Å²) in [5.74, 6) is 0.396.